The first-order valence-corrected chi connectivity index (χ1v) is 5.05. The number of nitrogens with one attached hydrogen (secondary N) is 1. The van der Waals surface area contributed by atoms with Crippen molar-refractivity contribution in [1.82, 2.24) is 10.2 Å². The van der Waals surface area contributed by atoms with E-state index in [0.717, 1.165) is 0 Å². The molecule has 1 aliphatic heterocycles. The Hall–Kier alpha value is -1.26. The van der Waals surface area contributed by atoms with Gasteiger partial charge in [-0.2, -0.15) is 0 Å². The average Bonchev–Trinajstić information content (AvgIpc) is 1.98. The summed E-state index contributed by atoms with van der Waals surface area (Å²) in [7, 11) is 0. The van der Waals surface area contributed by atoms with Crippen LogP contribution in [-0.4, -0.2) is 41.6 Å². The first kappa shape index (κ1) is 11.8. The molecule has 2 amide bonds. The molecule has 0 saturated carbocycles. The van der Waals surface area contributed by atoms with Gasteiger partial charge in [-0.25, -0.2) is 4.79 Å². The van der Waals surface area contributed by atoms with Gasteiger partial charge < -0.3 is 10.1 Å². The molecule has 1 atom stereocenters. The van der Waals surface area contributed by atoms with Gasteiger partial charge in [0.2, 0.25) is 5.91 Å². The molecule has 0 aromatic carbocycles. The van der Waals surface area contributed by atoms with Crippen molar-refractivity contribution in [3.8, 4) is 0 Å². The Morgan fingerprint density at radius 2 is 2.13 bits per heavy atom. The van der Waals surface area contributed by atoms with E-state index < -0.39 is 11.7 Å². The molecule has 1 heterocycles. The number of carbonyl (C=O) groups is 2. The third kappa shape index (κ3) is 3.77. The molecule has 1 fully saturated rings. The molecule has 0 bridgehead atoms. The standard InChI is InChI=1S/C10H18N2O3/c1-7-5-12(6-8(13)11-7)9(14)15-10(2,3)4/h7H,5-6H2,1-4H3,(H,11,13). The van der Waals surface area contributed by atoms with Crippen LogP contribution in [0.15, 0.2) is 0 Å². The Morgan fingerprint density at radius 3 is 2.60 bits per heavy atom. The number of hydrogen-bond donors (Lipinski definition) is 1. The van der Waals surface area contributed by atoms with Gasteiger partial charge in [-0.3, -0.25) is 9.69 Å². The van der Waals surface area contributed by atoms with Gasteiger partial charge in [-0.15, -0.1) is 0 Å². The van der Waals surface area contributed by atoms with Gasteiger partial charge >= 0.3 is 6.09 Å². The Labute approximate surface area is 89.8 Å². The molecule has 0 radical (unpaired) electrons. The minimum Gasteiger partial charge on any atom is -0.444 e. The Balaban J connectivity index is 2.56. The Bertz CT molecular complexity index is 270. The monoisotopic (exact) mass is 214 g/mol. The first-order valence-electron chi connectivity index (χ1n) is 5.05. The number of hydrogen-bond acceptors (Lipinski definition) is 3. The zero-order chi connectivity index (χ0) is 11.6. The lowest BCUT2D eigenvalue weighted by molar-refractivity contribution is -0.125. The molecule has 0 aromatic heterocycles. The predicted molar refractivity (Wildman–Crippen MR) is 55.4 cm³/mol. The van der Waals surface area contributed by atoms with Crippen molar-refractivity contribution < 1.29 is 14.3 Å². The van der Waals surface area contributed by atoms with Crippen molar-refractivity contribution in [3.05, 3.63) is 0 Å². The van der Waals surface area contributed by atoms with Crippen molar-refractivity contribution in [2.45, 2.75) is 39.3 Å². The maximum atomic E-state index is 11.6. The lowest BCUT2D eigenvalue weighted by Crippen LogP contribution is -2.55. The van der Waals surface area contributed by atoms with E-state index in [2.05, 4.69) is 5.32 Å². The summed E-state index contributed by atoms with van der Waals surface area (Å²) >= 11 is 0. The maximum absolute atomic E-state index is 11.6. The van der Waals surface area contributed by atoms with Crippen LogP contribution in [0.25, 0.3) is 0 Å². The van der Waals surface area contributed by atoms with E-state index in [1.807, 2.05) is 6.92 Å². The lowest BCUT2D eigenvalue weighted by atomic mass is 10.2. The molecular formula is C10H18N2O3. The topological polar surface area (TPSA) is 58.6 Å². The second-order valence-corrected chi connectivity index (χ2v) is 4.83. The van der Waals surface area contributed by atoms with Gasteiger partial charge in [0, 0.05) is 12.6 Å². The first-order chi connectivity index (χ1) is 6.78. The van der Waals surface area contributed by atoms with Gasteiger partial charge in [0.1, 0.15) is 12.1 Å². The van der Waals surface area contributed by atoms with Crippen LogP contribution in [0.4, 0.5) is 4.79 Å². The zero-order valence-corrected chi connectivity index (χ0v) is 9.66. The summed E-state index contributed by atoms with van der Waals surface area (Å²) in [6.45, 7) is 7.85. The van der Waals surface area contributed by atoms with Gasteiger partial charge in [0.05, 0.1) is 0 Å². The predicted octanol–water partition coefficient (Wildman–Crippen LogP) is 0.742. The van der Waals surface area contributed by atoms with Gasteiger partial charge in [-0.05, 0) is 27.7 Å². The average molecular weight is 214 g/mol. The third-order valence-electron chi connectivity index (χ3n) is 1.89. The van der Waals surface area contributed by atoms with Crippen LogP contribution in [0.2, 0.25) is 0 Å². The quantitative estimate of drug-likeness (QED) is 0.647. The van der Waals surface area contributed by atoms with Gasteiger partial charge in [-0.1, -0.05) is 0 Å². The van der Waals surface area contributed by atoms with Crippen molar-refractivity contribution in [1.29, 1.82) is 0 Å². The van der Waals surface area contributed by atoms with E-state index in [1.54, 1.807) is 20.8 Å². The smallest absolute Gasteiger partial charge is 0.410 e. The molecule has 86 valence electrons. The highest BCUT2D eigenvalue weighted by atomic mass is 16.6. The molecule has 0 aromatic rings. The highest BCUT2D eigenvalue weighted by molar-refractivity contribution is 5.83. The fraction of sp³-hybridized carbons (Fsp3) is 0.800. The summed E-state index contributed by atoms with van der Waals surface area (Å²) in [5, 5.41) is 2.74. The van der Waals surface area contributed by atoms with Crippen molar-refractivity contribution >= 4 is 12.0 Å². The Kier molecular flexibility index (Phi) is 3.21. The highest BCUT2D eigenvalue weighted by Crippen LogP contribution is 2.11. The summed E-state index contributed by atoms with van der Waals surface area (Å²) in [4.78, 5) is 24.2. The lowest BCUT2D eigenvalue weighted by Gasteiger charge is -2.32. The number of amides is 2. The summed E-state index contributed by atoms with van der Waals surface area (Å²) in [6, 6.07) is -0.0150. The third-order valence-corrected chi connectivity index (χ3v) is 1.89. The summed E-state index contributed by atoms with van der Waals surface area (Å²) in [6.07, 6.45) is -0.427. The van der Waals surface area contributed by atoms with E-state index in [1.165, 1.54) is 4.90 Å². The summed E-state index contributed by atoms with van der Waals surface area (Å²) < 4.78 is 5.18. The largest absolute Gasteiger partial charge is 0.444 e. The van der Waals surface area contributed by atoms with E-state index in [-0.39, 0.29) is 18.5 Å². The number of rotatable bonds is 0. The van der Waals surface area contributed by atoms with Crippen LogP contribution in [0.5, 0.6) is 0 Å². The number of piperazine rings is 1. The van der Waals surface area contributed by atoms with Crippen LogP contribution in [-0.2, 0) is 9.53 Å². The zero-order valence-electron chi connectivity index (χ0n) is 9.66. The molecule has 1 rings (SSSR count). The van der Waals surface area contributed by atoms with Crippen molar-refractivity contribution in [3.63, 3.8) is 0 Å². The Morgan fingerprint density at radius 1 is 1.53 bits per heavy atom. The number of carbonyl (C=O) groups excluding carboxylic acids is 2. The van der Waals surface area contributed by atoms with E-state index in [9.17, 15) is 9.59 Å². The van der Waals surface area contributed by atoms with E-state index in [0.29, 0.717) is 6.54 Å². The second kappa shape index (κ2) is 4.08. The second-order valence-electron chi connectivity index (χ2n) is 4.83. The molecule has 0 aliphatic carbocycles. The molecule has 0 spiro atoms. The molecule has 5 heteroatoms. The molecule has 1 saturated heterocycles. The minimum atomic E-state index is -0.520. The molecule has 1 N–H and O–H groups in total. The minimum absolute atomic E-state index is 0.0150. The summed E-state index contributed by atoms with van der Waals surface area (Å²) in [5.74, 6) is -0.139. The van der Waals surface area contributed by atoms with Crippen LogP contribution >= 0.6 is 0 Å². The van der Waals surface area contributed by atoms with Gasteiger partial charge in [0.25, 0.3) is 0 Å². The molecule has 5 nitrogen and oxygen atoms in total. The molecular weight excluding hydrogens is 196 g/mol. The van der Waals surface area contributed by atoms with Crippen LogP contribution in [0.1, 0.15) is 27.7 Å². The van der Waals surface area contributed by atoms with Crippen molar-refractivity contribution in [2.75, 3.05) is 13.1 Å². The van der Waals surface area contributed by atoms with E-state index >= 15 is 0 Å². The van der Waals surface area contributed by atoms with Crippen LogP contribution in [0, 0.1) is 0 Å². The fourth-order valence-electron chi connectivity index (χ4n) is 1.40. The molecule has 15 heavy (non-hydrogen) atoms. The summed E-state index contributed by atoms with van der Waals surface area (Å²) in [5.41, 5.74) is -0.520. The van der Waals surface area contributed by atoms with Crippen molar-refractivity contribution in [2.24, 2.45) is 0 Å². The fourth-order valence-corrected chi connectivity index (χ4v) is 1.40. The normalized spacial score (nSPS) is 22.3. The maximum Gasteiger partial charge on any atom is 0.410 e. The SMILES string of the molecule is CC1CN(C(=O)OC(C)(C)C)CC(=O)N1. The number of nitrogens with zero attached hydrogens (tertiary/aromatic N) is 1. The van der Waals surface area contributed by atoms with E-state index in [4.69, 9.17) is 4.74 Å². The highest BCUT2D eigenvalue weighted by Gasteiger charge is 2.28. The van der Waals surface area contributed by atoms with Gasteiger partial charge in [0.15, 0.2) is 0 Å². The number of ether oxygens (including phenoxy) is 1. The van der Waals surface area contributed by atoms with Crippen LogP contribution in [0.3, 0.4) is 0 Å². The molecule has 1 aliphatic rings. The van der Waals surface area contributed by atoms with Crippen LogP contribution < -0.4 is 5.32 Å². The molecule has 1 unspecified atom stereocenters.